The van der Waals surface area contributed by atoms with Gasteiger partial charge in [-0.25, -0.2) is 13.4 Å². The number of rotatable bonds is 10. The summed E-state index contributed by atoms with van der Waals surface area (Å²) in [5.41, 5.74) is 7.75. The first-order valence-corrected chi connectivity index (χ1v) is 15.6. The maximum absolute atomic E-state index is 13.7. The molecule has 1 saturated heterocycles. The first-order valence-electron chi connectivity index (χ1n) is 14.1. The monoisotopic (exact) mass is 623 g/mol. The lowest BCUT2D eigenvalue weighted by Crippen LogP contribution is -2.43. The van der Waals surface area contributed by atoms with Crippen LogP contribution in [0.2, 0.25) is 0 Å². The van der Waals surface area contributed by atoms with E-state index >= 15 is 0 Å². The predicted octanol–water partition coefficient (Wildman–Crippen LogP) is 5.30. The quantitative estimate of drug-likeness (QED) is 0.219. The zero-order valence-corrected chi connectivity index (χ0v) is 24.6. The molecular weight excluding hydrogens is 591 g/mol. The van der Waals surface area contributed by atoms with E-state index in [1.165, 1.54) is 18.2 Å². The molecule has 0 aliphatic carbocycles. The minimum atomic E-state index is -4.73. The van der Waals surface area contributed by atoms with E-state index in [4.69, 9.17) is 5.73 Å². The van der Waals surface area contributed by atoms with Crippen LogP contribution in [0.4, 0.5) is 30.4 Å². The number of piperazine rings is 1. The van der Waals surface area contributed by atoms with Crippen LogP contribution in [0.25, 0.3) is 11.1 Å². The highest BCUT2D eigenvalue weighted by Crippen LogP contribution is 2.37. The zero-order valence-electron chi connectivity index (χ0n) is 23.8. The summed E-state index contributed by atoms with van der Waals surface area (Å²) in [5, 5.41) is 3.27. The topological polar surface area (TPSA) is 117 Å². The number of carbonyl (C=O) groups is 1. The molecule has 0 unspecified atom stereocenters. The second-order valence-corrected chi connectivity index (χ2v) is 12.3. The van der Waals surface area contributed by atoms with Crippen molar-refractivity contribution < 1.29 is 26.4 Å². The summed E-state index contributed by atoms with van der Waals surface area (Å²) in [4.78, 5) is 18.2. The molecule has 1 aromatic heterocycles. The summed E-state index contributed by atoms with van der Waals surface area (Å²) in [6, 6.07) is 19.6. The van der Waals surface area contributed by atoms with Crippen LogP contribution in [0.1, 0.15) is 23.1 Å². The van der Waals surface area contributed by atoms with E-state index in [9.17, 15) is 26.4 Å². The number of hydrogen-bond donors (Lipinski definition) is 3. The number of hydrogen-bond acceptors (Lipinski definition) is 7. The molecule has 0 saturated carbocycles. The molecule has 44 heavy (non-hydrogen) atoms. The molecule has 0 atom stereocenters. The normalized spacial score (nSPS) is 13.9. The van der Waals surface area contributed by atoms with E-state index in [1.54, 1.807) is 42.6 Å². The van der Waals surface area contributed by atoms with Crippen molar-refractivity contribution in [2.24, 2.45) is 0 Å². The molecule has 4 N–H and O–H groups in total. The van der Waals surface area contributed by atoms with E-state index in [-0.39, 0.29) is 23.5 Å². The number of aromatic nitrogens is 1. The highest BCUT2D eigenvalue weighted by molar-refractivity contribution is 7.92. The third-order valence-corrected chi connectivity index (χ3v) is 8.81. The van der Waals surface area contributed by atoms with Crippen molar-refractivity contribution in [1.29, 1.82) is 0 Å². The lowest BCUT2D eigenvalue weighted by atomic mass is 10.0. The Hall–Kier alpha value is -4.42. The summed E-state index contributed by atoms with van der Waals surface area (Å²) in [7, 11) is -4.45. The molecule has 5 rings (SSSR count). The van der Waals surface area contributed by atoms with Crippen molar-refractivity contribution in [3.05, 3.63) is 102 Å². The van der Waals surface area contributed by atoms with E-state index in [0.29, 0.717) is 35.9 Å². The zero-order chi connectivity index (χ0) is 31.3. The van der Waals surface area contributed by atoms with Gasteiger partial charge in [-0.05, 0) is 65.6 Å². The van der Waals surface area contributed by atoms with Gasteiger partial charge in [0.1, 0.15) is 11.6 Å². The van der Waals surface area contributed by atoms with Crippen LogP contribution in [0.3, 0.4) is 0 Å². The SMILES string of the molecule is Nc1ccc(CCC(=O)Cc2ccc(NS(=O)(=O)c3cc(C(F)(F)F)ccc3-c3cccc(N4CCNCC4)c3)cc2)cn1. The Morgan fingerprint density at radius 1 is 0.955 bits per heavy atom. The largest absolute Gasteiger partial charge is 0.416 e. The van der Waals surface area contributed by atoms with Gasteiger partial charge in [0.2, 0.25) is 0 Å². The molecule has 3 aromatic carbocycles. The number of nitrogens with zero attached hydrogens (tertiary/aromatic N) is 2. The molecule has 2 heterocycles. The predicted molar refractivity (Wildman–Crippen MR) is 165 cm³/mol. The molecule has 0 radical (unpaired) electrons. The van der Waals surface area contributed by atoms with Gasteiger partial charge in [-0.15, -0.1) is 0 Å². The number of anilines is 3. The van der Waals surface area contributed by atoms with Crippen molar-refractivity contribution in [1.82, 2.24) is 10.3 Å². The number of sulfonamides is 1. The van der Waals surface area contributed by atoms with Crippen LogP contribution in [0, 0.1) is 0 Å². The average molecular weight is 624 g/mol. The fraction of sp³-hybridized carbons (Fsp3) is 0.250. The first-order chi connectivity index (χ1) is 21.0. The first kappa shape index (κ1) is 31.0. The number of Topliss-reactive ketones (excluding diaryl/α,β-unsaturated/α-hetero) is 1. The van der Waals surface area contributed by atoms with Gasteiger partial charge in [-0.2, -0.15) is 13.2 Å². The number of nitrogens with one attached hydrogen (secondary N) is 2. The molecule has 1 aliphatic rings. The van der Waals surface area contributed by atoms with Crippen molar-refractivity contribution in [3.8, 4) is 11.1 Å². The van der Waals surface area contributed by atoms with Gasteiger partial charge in [0, 0.05) is 62.2 Å². The van der Waals surface area contributed by atoms with Crippen LogP contribution in [-0.2, 0) is 33.8 Å². The molecule has 0 amide bonds. The Kier molecular flexibility index (Phi) is 9.21. The Morgan fingerprint density at radius 2 is 1.68 bits per heavy atom. The van der Waals surface area contributed by atoms with Gasteiger partial charge in [0.15, 0.2) is 0 Å². The van der Waals surface area contributed by atoms with Crippen LogP contribution in [0.15, 0.2) is 90.0 Å². The Morgan fingerprint density at radius 3 is 2.36 bits per heavy atom. The molecule has 230 valence electrons. The maximum atomic E-state index is 13.7. The second kappa shape index (κ2) is 13.1. The number of carbonyl (C=O) groups excluding carboxylic acids is 1. The van der Waals surface area contributed by atoms with Gasteiger partial charge in [-0.1, -0.05) is 36.4 Å². The van der Waals surface area contributed by atoms with Crippen molar-refractivity contribution >= 4 is 33.0 Å². The Balaban J connectivity index is 1.35. The molecule has 4 aromatic rings. The number of ketones is 1. The van der Waals surface area contributed by atoms with Crippen LogP contribution >= 0.6 is 0 Å². The molecule has 1 fully saturated rings. The number of nitrogen functional groups attached to an aromatic ring is 1. The van der Waals surface area contributed by atoms with Crippen molar-refractivity contribution in [2.45, 2.75) is 30.3 Å². The summed E-state index contributed by atoms with van der Waals surface area (Å²) < 4.78 is 70.6. The van der Waals surface area contributed by atoms with E-state index in [2.05, 4.69) is 19.9 Å². The molecule has 8 nitrogen and oxygen atoms in total. The average Bonchev–Trinajstić information content (AvgIpc) is 3.01. The Bertz CT molecular complexity index is 1720. The third-order valence-electron chi connectivity index (χ3n) is 7.39. The molecule has 0 spiro atoms. The highest BCUT2D eigenvalue weighted by Gasteiger charge is 2.33. The summed E-state index contributed by atoms with van der Waals surface area (Å²) >= 11 is 0. The molecule has 0 bridgehead atoms. The van der Waals surface area contributed by atoms with Gasteiger partial charge in [0.05, 0.1) is 10.5 Å². The molecular formula is C32H32F3N5O3S. The minimum Gasteiger partial charge on any atom is -0.384 e. The highest BCUT2D eigenvalue weighted by atomic mass is 32.2. The van der Waals surface area contributed by atoms with Gasteiger partial charge in [0.25, 0.3) is 10.0 Å². The second-order valence-electron chi connectivity index (χ2n) is 10.6. The number of benzene rings is 3. The maximum Gasteiger partial charge on any atom is 0.416 e. The van der Waals surface area contributed by atoms with Crippen LogP contribution in [-0.4, -0.2) is 45.4 Å². The lowest BCUT2D eigenvalue weighted by Gasteiger charge is -2.29. The fourth-order valence-corrected chi connectivity index (χ4v) is 6.35. The summed E-state index contributed by atoms with van der Waals surface area (Å²) in [6.45, 7) is 3.10. The number of halogens is 3. The summed E-state index contributed by atoms with van der Waals surface area (Å²) in [6.07, 6.45) is -2.14. The van der Waals surface area contributed by atoms with Gasteiger partial charge in [-0.3, -0.25) is 9.52 Å². The molecule has 12 heteroatoms. The number of aryl methyl sites for hydroxylation is 1. The van der Waals surface area contributed by atoms with Gasteiger partial charge >= 0.3 is 6.18 Å². The Labute approximate surface area is 254 Å². The standard InChI is InChI=1S/C32H32F3N5O3S/c33-32(34,35)25-8-12-29(24-2-1-3-27(19-24)40-16-14-37-15-17-40)30(20-25)44(42,43)39-26-9-4-22(5-10-26)18-28(41)11-6-23-7-13-31(36)38-21-23/h1-5,7-10,12-13,19-21,37,39H,6,11,14-18H2,(H2,36,38). The van der Waals surface area contributed by atoms with Gasteiger partial charge < -0.3 is 16.0 Å². The van der Waals surface area contributed by atoms with E-state index < -0.39 is 26.7 Å². The number of nitrogens with two attached hydrogens (primary N) is 1. The molecule has 1 aliphatic heterocycles. The van der Waals surface area contributed by atoms with Crippen molar-refractivity contribution in [3.63, 3.8) is 0 Å². The van der Waals surface area contributed by atoms with Crippen LogP contribution < -0.4 is 20.7 Å². The van der Waals surface area contributed by atoms with E-state index in [1.807, 2.05) is 12.1 Å². The van der Waals surface area contributed by atoms with Crippen molar-refractivity contribution in [2.75, 3.05) is 41.5 Å². The minimum absolute atomic E-state index is 0.00758. The lowest BCUT2D eigenvalue weighted by molar-refractivity contribution is -0.137. The smallest absolute Gasteiger partial charge is 0.384 e. The van der Waals surface area contributed by atoms with Crippen LogP contribution in [0.5, 0.6) is 0 Å². The number of alkyl halides is 3. The number of pyridine rings is 1. The van der Waals surface area contributed by atoms with E-state index in [0.717, 1.165) is 43.5 Å². The third kappa shape index (κ3) is 7.74. The summed E-state index contributed by atoms with van der Waals surface area (Å²) in [5.74, 6) is 0.395. The fourth-order valence-electron chi connectivity index (χ4n) is 5.04.